The number of nitrogens with zero attached hydrogens (tertiary/aromatic N) is 2. The number of ether oxygens (including phenoxy) is 1. The maximum absolute atomic E-state index is 12.0. The summed E-state index contributed by atoms with van der Waals surface area (Å²) in [5.41, 5.74) is 5.38. The SMILES string of the molecule is COC1(C)CCCN(CCC(=O)N(C)CCC(N)=S)C1. The van der Waals surface area contributed by atoms with Gasteiger partial charge in [-0.1, -0.05) is 12.2 Å². The van der Waals surface area contributed by atoms with Gasteiger partial charge in [0.05, 0.1) is 10.6 Å². The molecular weight excluding hydrogens is 274 g/mol. The van der Waals surface area contributed by atoms with Gasteiger partial charge >= 0.3 is 0 Å². The van der Waals surface area contributed by atoms with Crippen LogP contribution in [-0.2, 0) is 9.53 Å². The van der Waals surface area contributed by atoms with E-state index in [2.05, 4.69) is 11.8 Å². The molecule has 5 nitrogen and oxygen atoms in total. The lowest BCUT2D eigenvalue weighted by atomic mass is 9.94. The number of hydrogen-bond acceptors (Lipinski definition) is 4. The number of thiocarbonyl (C=S) groups is 1. The zero-order valence-corrected chi connectivity index (χ0v) is 13.7. The van der Waals surface area contributed by atoms with Gasteiger partial charge in [0, 0.05) is 46.6 Å². The third-order valence-electron chi connectivity index (χ3n) is 3.99. The Morgan fingerprint density at radius 1 is 1.50 bits per heavy atom. The second-order valence-corrected chi connectivity index (χ2v) is 6.34. The van der Waals surface area contributed by atoms with Gasteiger partial charge in [-0.2, -0.15) is 0 Å². The molecule has 1 amide bonds. The zero-order chi connectivity index (χ0) is 15.2. The first kappa shape index (κ1) is 17.3. The van der Waals surface area contributed by atoms with E-state index in [1.54, 1.807) is 19.1 Å². The zero-order valence-electron chi connectivity index (χ0n) is 12.9. The van der Waals surface area contributed by atoms with Crippen LogP contribution in [0, 0.1) is 0 Å². The number of methoxy groups -OCH3 is 1. The molecule has 1 aliphatic heterocycles. The molecule has 6 heteroatoms. The van der Waals surface area contributed by atoms with Gasteiger partial charge in [-0.3, -0.25) is 9.69 Å². The molecule has 1 unspecified atom stereocenters. The molecule has 2 N–H and O–H groups in total. The van der Waals surface area contributed by atoms with Gasteiger partial charge in [-0.05, 0) is 26.3 Å². The molecule has 0 bridgehead atoms. The molecular formula is C14H27N3O2S. The Morgan fingerprint density at radius 2 is 2.20 bits per heavy atom. The fourth-order valence-electron chi connectivity index (χ4n) is 2.51. The van der Waals surface area contributed by atoms with Crippen molar-refractivity contribution in [3.05, 3.63) is 0 Å². The van der Waals surface area contributed by atoms with Gasteiger partial charge in [0.15, 0.2) is 0 Å². The summed E-state index contributed by atoms with van der Waals surface area (Å²) in [7, 11) is 3.56. The summed E-state index contributed by atoms with van der Waals surface area (Å²) < 4.78 is 5.56. The highest BCUT2D eigenvalue weighted by Gasteiger charge is 2.30. The van der Waals surface area contributed by atoms with E-state index in [0.29, 0.717) is 24.4 Å². The Morgan fingerprint density at radius 3 is 2.80 bits per heavy atom. The summed E-state index contributed by atoms with van der Waals surface area (Å²) >= 11 is 4.82. The fraction of sp³-hybridized carbons (Fsp3) is 0.857. The van der Waals surface area contributed by atoms with Crippen molar-refractivity contribution in [2.45, 2.75) is 38.2 Å². The minimum atomic E-state index is -0.0705. The van der Waals surface area contributed by atoms with E-state index in [4.69, 9.17) is 22.7 Å². The fourth-order valence-corrected chi connectivity index (χ4v) is 2.60. The van der Waals surface area contributed by atoms with Crippen LogP contribution in [0.15, 0.2) is 0 Å². The summed E-state index contributed by atoms with van der Waals surface area (Å²) in [6.07, 6.45) is 3.33. The monoisotopic (exact) mass is 301 g/mol. The van der Waals surface area contributed by atoms with E-state index in [9.17, 15) is 4.79 Å². The van der Waals surface area contributed by atoms with Crippen molar-refractivity contribution < 1.29 is 9.53 Å². The van der Waals surface area contributed by atoms with Crippen molar-refractivity contribution in [3.8, 4) is 0 Å². The first-order chi connectivity index (χ1) is 9.36. The van der Waals surface area contributed by atoms with Crippen LogP contribution in [0.2, 0.25) is 0 Å². The Kier molecular flexibility index (Phi) is 6.85. The molecule has 0 aromatic rings. The van der Waals surface area contributed by atoms with Crippen LogP contribution < -0.4 is 5.73 Å². The van der Waals surface area contributed by atoms with Crippen LogP contribution in [0.4, 0.5) is 0 Å². The van der Waals surface area contributed by atoms with Crippen LogP contribution in [0.25, 0.3) is 0 Å². The number of piperidine rings is 1. The smallest absolute Gasteiger partial charge is 0.223 e. The lowest BCUT2D eigenvalue weighted by molar-refractivity contribution is -0.130. The first-order valence-electron chi connectivity index (χ1n) is 7.16. The van der Waals surface area contributed by atoms with Gasteiger partial charge in [0.1, 0.15) is 0 Å². The Balaban J connectivity index is 2.31. The van der Waals surface area contributed by atoms with Gasteiger partial charge in [-0.25, -0.2) is 0 Å². The number of amides is 1. The Labute approximate surface area is 127 Å². The van der Waals surface area contributed by atoms with Crippen molar-refractivity contribution in [1.82, 2.24) is 9.80 Å². The number of carbonyl (C=O) groups is 1. The van der Waals surface area contributed by atoms with Crippen LogP contribution in [0.1, 0.15) is 32.6 Å². The van der Waals surface area contributed by atoms with E-state index in [1.165, 1.54) is 0 Å². The maximum atomic E-state index is 12.0. The largest absolute Gasteiger partial charge is 0.393 e. The number of likely N-dealkylation sites (tertiary alicyclic amines) is 1. The molecule has 1 aliphatic rings. The van der Waals surface area contributed by atoms with Crippen LogP contribution >= 0.6 is 12.2 Å². The van der Waals surface area contributed by atoms with E-state index in [1.807, 2.05) is 0 Å². The number of nitrogens with two attached hydrogens (primary N) is 1. The molecule has 0 aliphatic carbocycles. The average Bonchev–Trinajstić information content (AvgIpc) is 2.42. The van der Waals surface area contributed by atoms with Gasteiger partial charge in [0.25, 0.3) is 0 Å². The molecule has 1 saturated heterocycles. The summed E-state index contributed by atoms with van der Waals surface area (Å²) in [4.78, 5) is 16.5. The highest BCUT2D eigenvalue weighted by atomic mass is 32.1. The van der Waals surface area contributed by atoms with E-state index < -0.39 is 0 Å². The average molecular weight is 301 g/mol. The molecule has 1 fully saturated rings. The second-order valence-electron chi connectivity index (χ2n) is 5.82. The van der Waals surface area contributed by atoms with Crippen LogP contribution in [0.3, 0.4) is 0 Å². The predicted molar refractivity (Wildman–Crippen MR) is 84.7 cm³/mol. The van der Waals surface area contributed by atoms with E-state index in [0.717, 1.165) is 32.5 Å². The topological polar surface area (TPSA) is 58.8 Å². The summed E-state index contributed by atoms with van der Waals surface area (Å²) in [6, 6.07) is 0. The van der Waals surface area contributed by atoms with Crippen LogP contribution in [-0.4, -0.2) is 66.6 Å². The molecule has 0 saturated carbocycles. The van der Waals surface area contributed by atoms with Crippen molar-refractivity contribution in [2.75, 3.05) is 40.3 Å². The van der Waals surface area contributed by atoms with Crippen molar-refractivity contribution in [3.63, 3.8) is 0 Å². The number of carbonyl (C=O) groups excluding carboxylic acids is 1. The molecule has 1 heterocycles. The van der Waals surface area contributed by atoms with Gasteiger partial charge in [0.2, 0.25) is 5.91 Å². The highest BCUT2D eigenvalue weighted by Crippen LogP contribution is 2.23. The quantitative estimate of drug-likeness (QED) is 0.711. The summed E-state index contributed by atoms with van der Waals surface area (Å²) in [5, 5.41) is 0. The summed E-state index contributed by atoms with van der Waals surface area (Å²) in [6.45, 7) is 5.46. The number of hydrogen-bond donors (Lipinski definition) is 1. The molecule has 1 atom stereocenters. The lowest BCUT2D eigenvalue weighted by Crippen LogP contribution is -2.48. The molecule has 0 radical (unpaired) electrons. The first-order valence-corrected chi connectivity index (χ1v) is 7.57. The van der Waals surface area contributed by atoms with Gasteiger partial charge < -0.3 is 15.4 Å². The highest BCUT2D eigenvalue weighted by molar-refractivity contribution is 7.80. The van der Waals surface area contributed by atoms with Crippen molar-refractivity contribution in [1.29, 1.82) is 0 Å². The van der Waals surface area contributed by atoms with Crippen molar-refractivity contribution in [2.24, 2.45) is 5.73 Å². The molecule has 116 valence electrons. The lowest BCUT2D eigenvalue weighted by Gasteiger charge is -2.39. The van der Waals surface area contributed by atoms with Crippen LogP contribution in [0.5, 0.6) is 0 Å². The standard InChI is InChI=1S/C14H27N3O2S/c1-14(19-3)7-4-8-17(11-14)10-6-13(18)16(2)9-5-12(15)20/h4-11H2,1-3H3,(H2,15,20). The molecule has 0 aromatic carbocycles. The predicted octanol–water partition coefficient (Wildman–Crippen LogP) is 1.01. The van der Waals surface area contributed by atoms with Crippen molar-refractivity contribution >= 4 is 23.1 Å². The molecule has 0 aromatic heterocycles. The van der Waals surface area contributed by atoms with E-state index in [-0.39, 0.29) is 11.5 Å². The summed E-state index contributed by atoms with van der Waals surface area (Å²) in [5.74, 6) is 0.144. The molecule has 20 heavy (non-hydrogen) atoms. The number of rotatable bonds is 7. The second kappa shape index (κ2) is 7.90. The molecule has 1 rings (SSSR count). The normalized spacial score (nSPS) is 23.6. The maximum Gasteiger partial charge on any atom is 0.223 e. The third kappa shape index (κ3) is 5.73. The minimum absolute atomic E-state index is 0.0705. The third-order valence-corrected chi connectivity index (χ3v) is 4.20. The Bertz CT molecular complexity index is 351. The minimum Gasteiger partial charge on any atom is -0.393 e. The van der Waals surface area contributed by atoms with E-state index >= 15 is 0 Å². The van der Waals surface area contributed by atoms with Gasteiger partial charge in [-0.15, -0.1) is 0 Å². The Hall–Kier alpha value is -0.720. The molecule has 0 spiro atoms.